The van der Waals surface area contributed by atoms with Gasteiger partial charge in [-0.15, -0.1) is 0 Å². The van der Waals surface area contributed by atoms with E-state index < -0.39 is 0 Å². The third kappa shape index (κ3) is 4.60. The number of hydrogen-bond acceptors (Lipinski definition) is 3. The largest absolute Gasteiger partial charge is 0.379 e. The normalized spacial score (nSPS) is 20.9. The molecule has 0 saturated carbocycles. The lowest BCUT2D eigenvalue weighted by molar-refractivity contribution is -0.00437. The number of rotatable bonds is 5. The van der Waals surface area contributed by atoms with E-state index >= 15 is 0 Å². The predicted molar refractivity (Wildman–Crippen MR) is 79.1 cm³/mol. The molecule has 0 spiro atoms. The van der Waals surface area contributed by atoms with Crippen LogP contribution in [0.5, 0.6) is 0 Å². The first kappa shape index (κ1) is 14.5. The summed E-state index contributed by atoms with van der Waals surface area (Å²) in [6, 6.07) is 10.0. The lowest BCUT2D eigenvalue weighted by Gasteiger charge is -2.33. The zero-order valence-corrected chi connectivity index (χ0v) is 12.4. The number of benzene rings is 1. The molecule has 3 heteroatoms. The highest BCUT2D eigenvalue weighted by Gasteiger charge is 2.18. The van der Waals surface area contributed by atoms with Crippen molar-refractivity contribution in [2.45, 2.75) is 45.9 Å². The van der Waals surface area contributed by atoms with Gasteiger partial charge in [0, 0.05) is 31.7 Å². The summed E-state index contributed by atoms with van der Waals surface area (Å²) < 4.78 is 5.47. The van der Waals surface area contributed by atoms with Crippen LogP contribution in [0, 0.1) is 0 Å². The highest BCUT2D eigenvalue weighted by atomic mass is 16.5. The van der Waals surface area contributed by atoms with Gasteiger partial charge in [0.25, 0.3) is 0 Å². The number of hydrogen-bond donors (Lipinski definition) is 1. The summed E-state index contributed by atoms with van der Waals surface area (Å²) in [5, 5.41) is 3.44. The van der Waals surface area contributed by atoms with Gasteiger partial charge >= 0.3 is 0 Å². The molecule has 1 fully saturated rings. The zero-order chi connectivity index (χ0) is 13.7. The van der Waals surface area contributed by atoms with Crippen molar-refractivity contribution in [1.82, 2.24) is 10.2 Å². The van der Waals surface area contributed by atoms with E-state index in [2.05, 4.69) is 55.3 Å². The van der Waals surface area contributed by atoms with Crippen LogP contribution in [0.2, 0.25) is 0 Å². The summed E-state index contributed by atoms with van der Waals surface area (Å²) in [6.45, 7) is 11.3. The number of ether oxygens (including phenoxy) is 1. The van der Waals surface area contributed by atoms with E-state index in [-0.39, 0.29) is 0 Å². The molecule has 0 aliphatic carbocycles. The van der Waals surface area contributed by atoms with Gasteiger partial charge in [0.1, 0.15) is 0 Å². The molecule has 1 aliphatic heterocycles. The molecule has 3 nitrogen and oxygen atoms in total. The zero-order valence-electron chi connectivity index (χ0n) is 12.4. The average Bonchev–Trinajstić information content (AvgIpc) is 2.40. The summed E-state index contributed by atoms with van der Waals surface area (Å²) in [5.74, 6) is 0. The third-order valence-electron chi connectivity index (χ3n) is 3.63. The minimum absolute atomic E-state index is 0.524. The van der Waals surface area contributed by atoms with E-state index in [1.54, 1.807) is 0 Å². The standard InChI is InChI=1S/C16H26N2O/c1-13(2)17-10-15-4-6-16(7-5-15)11-18-8-9-19-12-14(18)3/h4-7,13-14,17H,8-12H2,1-3H3. The first-order chi connectivity index (χ1) is 9.15. The van der Waals surface area contributed by atoms with Crippen LogP contribution in [0.1, 0.15) is 31.9 Å². The lowest BCUT2D eigenvalue weighted by atomic mass is 10.1. The Morgan fingerprint density at radius 2 is 1.95 bits per heavy atom. The second-order valence-electron chi connectivity index (χ2n) is 5.75. The summed E-state index contributed by atoms with van der Waals surface area (Å²) >= 11 is 0. The molecule has 0 radical (unpaired) electrons. The molecule has 0 aromatic heterocycles. The molecule has 1 N–H and O–H groups in total. The molecule has 1 saturated heterocycles. The van der Waals surface area contributed by atoms with Gasteiger partial charge in [-0.25, -0.2) is 0 Å². The van der Waals surface area contributed by atoms with Crippen molar-refractivity contribution in [2.24, 2.45) is 0 Å². The van der Waals surface area contributed by atoms with Crippen LogP contribution in [-0.2, 0) is 17.8 Å². The Kier molecular flexibility index (Phi) is 5.37. The van der Waals surface area contributed by atoms with Crippen molar-refractivity contribution >= 4 is 0 Å². The van der Waals surface area contributed by atoms with E-state index in [1.165, 1.54) is 11.1 Å². The predicted octanol–water partition coefficient (Wildman–Crippen LogP) is 2.41. The van der Waals surface area contributed by atoms with Crippen molar-refractivity contribution in [3.63, 3.8) is 0 Å². The smallest absolute Gasteiger partial charge is 0.0619 e. The van der Waals surface area contributed by atoms with Crippen molar-refractivity contribution in [3.05, 3.63) is 35.4 Å². The van der Waals surface area contributed by atoms with Crippen molar-refractivity contribution in [2.75, 3.05) is 19.8 Å². The van der Waals surface area contributed by atoms with E-state index in [0.29, 0.717) is 12.1 Å². The first-order valence-corrected chi connectivity index (χ1v) is 7.28. The summed E-state index contributed by atoms with van der Waals surface area (Å²) in [5.41, 5.74) is 2.74. The molecule has 1 aromatic rings. The van der Waals surface area contributed by atoms with E-state index in [4.69, 9.17) is 4.74 Å². The van der Waals surface area contributed by atoms with Gasteiger partial charge in [-0.05, 0) is 18.1 Å². The Balaban J connectivity index is 1.87. The topological polar surface area (TPSA) is 24.5 Å². The maximum Gasteiger partial charge on any atom is 0.0619 e. The molecular formula is C16H26N2O. The number of morpholine rings is 1. The van der Waals surface area contributed by atoms with E-state index in [9.17, 15) is 0 Å². The van der Waals surface area contributed by atoms with Gasteiger partial charge in [-0.1, -0.05) is 38.1 Å². The Labute approximate surface area is 116 Å². The summed E-state index contributed by atoms with van der Waals surface area (Å²) in [7, 11) is 0. The fourth-order valence-electron chi connectivity index (χ4n) is 2.32. The van der Waals surface area contributed by atoms with Crippen molar-refractivity contribution in [1.29, 1.82) is 0 Å². The highest BCUT2D eigenvalue weighted by Crippen LogP contribution is 2.13. The number of nitrogens with zero attached hydrogens (tertiary/aromatic N) is 1. The molecule has 2 rings (SSSR count). The highest BCUT2D eigenvalue weighted by molar-refractivity contribution is 5.22. The van der Waals surface area contributed by atoms with Gasteiger partial charge < -0.3 is 10.1 Å². The number of nitrogens with one attached hydrogen (secondary N) is 1. The minimum Gasteiger partial charge on any atom is -0.379 e. The van der Waals surface area contributed by atoms with Crippen LogP contribution in [0.4, 0.5) is 0 Å². The Hall–Kier alpha value is -0.900. The molecular weight excluding hydrogens is 236 g/mol. The summed E-state index contributed by atoms with van der Waals surface area (Å²) in [6.07, 6.45) is 0. The monoisotopic (exact) mass is 262 g/mol. The summed E-state index contributed by atoms with van der Waals surface area (Å²) in [4.78, 5) is 2.49. The van der Waals surface area contributed by atoms with Gasteiger partial charge in [0.05, 0.1) is 13.2 Å². The van der Waals surface area contributed by atoms with Gasteiger partial charge in [0.2, 0.25) is 0 Å². The minimum atomic E-state index is 0.524. The molecule has 1 heterocycles. The quantitative estimate of drug-likeness (QED) is 0.882. The van der Waals surface area contributed by atoms with E-state index in [0.717, 1.165) is 32.8 Å². The van der Waals surface area contributed by atoms with Gasteiger partial charge in [-0.3, -0.25) is 4.90 Å². The molecule has 0 amide bonds. The molecule has 19 heavy (non-hydrogen) atoms. The Morgan fingerprint density at radius 1 is 1.26 bits per heavy atom. The van der Waals surface area contributed by atoms with Crippen LogP contribution >= 0.6 is 0 Å². The molecule has 0 bridgehead atoms. The fourth-order valence-corrected chi connectivity index (χ4v) is 2.32. The van der Waals surface area contributed by atoms with Gasteiger partial charge in [0.15, 0.2) is 0 Å². The van der Waals surface area contributed by atoms with Crippen LogP contribution < -0.4 is 5.32 Å². The molecule has 1 unspecified atom stereocenters. The van der Waals surface area contributed by atoms with Crippen molar-refractivity contribution in [3.8, 4) is 0 Å². The van der Waals surface area contributed by atoms with Gasteiger partial charge in [-0.2, -0.15) is 0 Å². The SMILES string of the molecule is CC(C)NCc1ccc(CN2CCOCC2C)cc1. The maximum absolute atomic E-state index is 5.47. The van der Waals surface area contributed by atoms with Crippen molar-refractivity contribution < 1.29 is 4.74 Å². The van der Waals surface area contributed by atoms with Crippen LogP contribution in [-0.4, -0.2) is 36.7 Å². The third-order valence-corrected chi connectivity index (χ3v) is 3.63. The molecule has 1 atom stereocenters. The first-order valence-electron chi connectivity index (χ1n) is 7.28. The Morgan fingerprint density at radius 3 is 2.58 bits per heavy atom. The van der Waals surface area contributed by atoms with Crippen LogP contribution in [0.3, 0.4) is 0 Å². The fraction of sp³-hybridized carbons (Fsp3) is 0.625. The second kappa shape index (κ2) is 7.04. The van der Waals surface area contributed by atoms with E-state index in [1.807, 2.05) is 0 Å². The average molecular weight is 262 g/mol. The molecule has 1 aliphatic rings. The Bertz CT molecular complexity index is 375. The van der Waals surface area contributed by atoms with Crippen LogP contribution in [0.15, 0.2) is 24.3 Å². The lowest BCUT2D eigenvalue weighted by Crippen LogP contribution is -2.42. The molecule has 106 valence electrons. The second-order valence-corrected chi connectivity index (χ2v) is 5.75. The van der Waals surface area contributed by atoms with Crippen LogP contribution in [0.25, 0.3) is 0 Å². The maximum atomic E-state index is 5.47. The molecule has 1 aromatic carbocycles.